The van der Waals surface area contributed by atoms with E-state index in [1.165, 1.54) is 10.6 Å². The van der Waals surface area contributed by atoms with Gasteiger partial charge in [-0.3, -0.25) is 13.9 Å². The van der Waals surface area contributed by atoms with Gasteiger partial charge in [0.25, 0.3) is 0 Å². The fraction of sp³-hybridized carbons (Fsp3) is 0.375. The van der Waals surface area contributed by atoms with Crippen LogP contribution in [0.4, 0.5) is 5.69 Å². The van der Waals surface area contributed by atoms with Gasteiger partial charge in [0.1, 0.15) is 6.04 Å². The molecule has 0 radical (unpaired) electrons. The van der Waals surface area contributed by atoms with E-state index in [2.05, 4.69) is 5.32 Å². The molecule has 0 aromatic heterocycles. The Morgan fingerprint density at radius 3 is 2.20 bits per heavy atom. The van der Waals surface area contributed by atoms with Gasteiger partial charge in [-0.25, -0.2) is 8.42 Å². The Kier molecular flexibility index (Phi) is 11.3. The molecule has 0 unspecified atom stereocenters. The number of carbonyl (C=O) groups is 2. The van der Waals surface area contributed by atoms with Gasteiger partial charge >= 0.3 is 0 Å². The second-order valence-corrected chi connectivity index (χ2v) is 12.2. The summed E-state index contributed by atoms with van der Waals surface area (Å²) in [6.07, 6.45) is 2.77. The van der Waals surface area contributed by atoms with Gasteiger partial charge < -0.3 is 10.2 Å². The first-order valence-electron chi connectivity index (χ1n) is 13.8. The summed E-state index contributed by atoms with van der Waals surface area (Å²) in [6.45, 7) is 6.87. The summed E-state index contributed by atoms with van der Waals surface area (Å²) < 4.78 is 26.5. The van der Waals surface area contributed by atoms with Crippen molar-refractivity contribution in [1.29, 1.82) is 0 Å². The van der Waals surface area contributed by atoms with Gasteiger partial charge in [-0.2, -0.15) is 0 Å². The van der Waals surface area contributed by atoms with Gasteiger partial charge in [0.15, 0.2) is 0 Å². The maximum absolute atomic E-state index is 13.8. The first-order valence-corrected chi connectivity index (χ1v) is 15.6. The molecule has 2 amide bonds. The molecule has 3 rings (SSSR count). The normalized spacial score (nSPS) is 12.0. The van der Waals surface area contributed by atoms with Crippen molar-refractivity contribution in [3.05, 3.63) is 101 Å². The minimum atomic E-state index is -3.54. The van der Waals surface area contributed by atoms with E-state index in [0.717, 1.165) is 28.7 Å². The smallest absolute Gasteiger partial charge is 0.243 e. The topological polar surface area (TPSA) is 86.8 Å². The predicted octanol–water partition coefficient (Wildman–Crippen LogP) is 5.02. The van der Waals surface area contributed by atoms with Gasteiger partial charge in [0.2, 0.25) is 21.8 Å². The molecule has 0 fully saturated rings. The highest BCUT2D eigenvalue weighted by Gasteiger charge is 2.30. The zero-order chi connectivity index (χ0) is 29.1. The maximum atomic E-state index is 13.8. The monoisotopic (exact) mass is 563 g/mol. The zero-order valence-electron chi connectivity index (χ0n) is 24.0. The Balaban J connectivity index is 1.86. The number of hydrogen-bond donors (Lipinski definition) is 1. The number of amides is 2. The number of rotatable bonds is 14. The number of aryl methyl sites for hydroxylation is 2. The van der Waals surface area contributed by atoms with Crippen LogP contribution >= 0.6 is 0 Å². The number of sulfonamides is 1. The molecule has 0 spiro atoms. The van der Waals surface area contributed by atoms with Gasteiger partial charge in [-0.05, 0) is 55.5 Å². The van der Waals surface area contributed by atoms with Crippen LogP contribution in [0.1, 0.15) is 48.4 Å². The number of hydrogen-bond acceptors (Lipinski definition) is 4. The lowest BCUT2D eigenvalue weighted by Crippen LogP contribution is -2.50. The van der Waals surface area contributed by atoms with E-state index in [-0.39, 0.29) is 31.3 Å². The summed E-state index contributed by atoms with van der Waals surface area (Å²) in [5.74, 6) is -0.380. The fourth-order valence-corrected chi connectivity index (χ4v) is 5.55. The molecule has 40 heavy (non-hydrogen) atoms. The molecular formula is C32H41N3O4S. The first-order chi connectivity index (χ1) is 19.1. The van der Waals surface area contributed by atoms with Crippen molar-refractivity contribution in [2.45, 2.75) is 59.0 Å². The van der Waals surface area contributed by atoms with Crippen LogP contribution in [0.5, 0.6) is 0 Å². The van der Waals surface area contributed by atoms with Gasteiger partial charge in [-0.15, -0.1) is 0 Å². The SMILES string of the molecule is CCCNC(=O)[C@@H](Cc1ccccc1)N(Cc1ccc(C)cc1)C(=O)CCCN(c1cccc(C)c1)S(C)(=O)=O. The van der Waals surface area contributed by atoms with Gasteiger partial charge in [0, 0.05) is 32.5 Å². The first kappa shape index (κ1) is 30.9. The number of anilines is 1. The molecule has 0 saturated carbocycles. The maximum Gasteiger partial charge on any atom is 0.243 e. The van der Waals surface area contributed by atoms with Crippen molar-refractivity contribution in [3.8, 4) is 0 Å². The molecule has 0 heterocycles. The van der Waals surface area contributed by atoms with Crippen LogP contribution in [0.25, 0.3) is 0 Å². The van der Waals surface area contributed by atoms with E-state index >= 15 is 0 Å². The molecular weight excluding hydrogens is 522 g/mol. The van der Waals surface area contributed by atoms with Crippen LogP contribution in [0.2, 0.25) is 0 Å². The summed E-state index contributed by atoms with van der Waals surface area (Å²) in [6, 6.07) is 24.2. The molecule has 3 aromatic carbocycles. The number of benzene rings is 3. The summed E-state index contributed by atoms with van der Waals surface area (Å²) in [5.41, 5.74) is 4.53. The molecule has 0 aliphatic carbocycles. The van der Waals surface area contributed by atoms with Crippen LogP contribution in [0.3, 0.4) is 0 Å². The van der Waals surface area contributed by atoms with E-state index in [0.29, 0.717) is 25.1 Å². The lowest BCUT2D eigenvalue weighted by molar-refractivity contribution is -0.141. The van der Waals surface area contributed by atoms with Crippen LogP contribution < -0.4 is 9.62 Å². The number of nitrogens with one attached hydrogen (secondary N) is 1. The van der Waals surface area contributed by atoms with E-state index in [4.69, 9.17) is 0 Å². The average molecular weight is 564 g/mol. The zero-order valence-corrected chi connectivity index (χ0v) is 24.8. The Bertz CT molecular complexity index is 1360. The fourth-order valence-electron chi connectivity index (χ4n) is 4.60. The molecule has 3 aromatic rings. The standard InChI is InChI=1S/C32H41N3O4S/c1-5-20-33-32(37)30(23-27-12-7-6-8-13-27)34(24-28-18-16-25(2)17-19-28)31(36)15-10-21-35(40(4,38)39)29-14-9-11-26(3)22-29/h6-9,11-14,16-19,22,30H,5,10,15,20-21,23-24H2,1-4H3,(H,33,37)/t30-/m1/s1. The number of carbonyl (C=O) groups excluding carboxylic acids is 2. The summed E-state index contributed by atoms with van der Waals surface area (Å²) in [7, 11) is -3.54. The second-order valence-electron chi connectivity index (χ2n) is 10.3. The van der Waals surface area contributed by atoms with E-state index < -0.39 is 16.1 Å². The van der Waals surface area contributed by atoms with E-state index in [1.54, 1.807) is 11.0 Å². The highest BCUT2D eigenvalue weighted by Crippen LogP contribution is 2.21. The summed E-state index contributed by atoms with van der Waals surface area (Å²) in [4.78, 5) is 28.9. The minimum absolute atomic E-state index is 0.107. The molecule has 7 nitrogen and oxygen atoms in total. The van der Waals surface area contributed by atoms with Crippen molar-refractivity contribution >= 4 is 27.5 Å². The largest absolute Gasteiger partial charge is 0.354 e. The second kappa shape index (κ2) is 14.7. The molecule has 1 N–H and O–H groups in total. The third kappa shape index (κ3) is 9.23. The van der Waals surface area contributed by atoms with Gasteiger partial charge in [-0.1, -0.05) is 79.2 Å². The van der Waals surface area contributed by atoms with E-state index in [9.17, 15) is 18.0 Å². The lowest BCUT2D eigenvalue weighted by Gasteiger charge is -2.32. The average Bonchev–Trinajstić information content (AvgIpc) is 2.92. The summed E-state index contributed by atoms with van der Waals surface area (Å²) >= 11 is 0. The lowest BCUT2D eigenvalue weighted by atomic mass is 10.0. The van der Waals surface area contributed by atoms with E-state index in [1.807, 2.05) is 93.6 Å². The molecule has 0 saturated heterocycles. The molecule has 214 valence electrons. The number of nitrogens with zero attached hydrogens (tertiary/aromatic N) is 2. The van der Waals surface area contributed by atoms with Gasteiger partial charge in [0.05, 0.1) is 11.9 Å². The molecule has 8 heteroatoms. The molecule has 1 atom stereocenters. The molecule has 0 aliphatic heterocycles. The van der Waals surface area contributed by atoms with Crippen molar-refractivity contribution < 1.29 is 18.0 Å². The van der Waals surface area contributed by atoms with Crippen molar-refractivity contribution in [2.75, 3.05) is 23.7 Å². The Labute approximate surface area is 239 Å². The van der Waals surface area contributed by atoms with Crippen LogP contribution in [0.15, 0.2) is 78.9 Å². The minimum Gasteiger partial charge on any atom is -0.354 e. The third-order valence-electron chi connectivity index (χ3n) is 6.74. The van der Waals surface area contributed by atoms with Crippen LogP contribution in [-0.2, 0) is 32.6 Å². The Morgan fingerprint density at radius 2 is 1.57 bits per heavy atom. The van der Waals surface area contributed by atoms with Crippen molar-refractivity contribution in [2.24, 2.45) is 0 Å². The summed E-state index contributed by atoms with van der Waals surface area (Å²) in [5, 5.41) is 2.98. The predicted molar refractivity (Wildman–Crippen MR) is 162 cm³/mol. The highest BCUT2D eigenvalue weighted by molar-refractivity contribution is 7.92. The van der Waals surface area contributed by atoms with Crippen LogP contribution in [-0.4, -0.2) is 50.5 Å². The highest BCUT2D eigenvalue weighted by atomic mass is 32.2. The quantitative estimate of drug-likeness (QED) is 0.299. The Hall–Kier alpha value is -3.65. The van der Waals surface area contributed by atoms with Crippen LogP contribution in [0, 0.1) is 13.8 Å². The third-order valence-corrected chi connectivity index (χ3v) is 7.93. The molecule has 0 bridgehead atoms. The van der Waals surface area contributed by atoms with Crippen molar-refractivity contribution in [3.63, 3.8) is 0 Å². The Morgan fingerprint density at radius 1 is 0.875 bits per heavy atom. The molecule has 0 aliphatic rings. The van der Waals surface area contributed by atoms with Crippen molar-refractivity contribution in [1.82, 2.24) is 10.2 Å².